The molecule has 0 aliphatic heterocycles. The molecule has 346 valence electrons. The summed E-state index contributed by atoms with van der Waals surface area (Å²) in [4.78, 5) is 37.9. The average molecular weight is 839 g/mol. The largest absolute Gasteiger partial charge is 0.462 e. The molecule has 0 N–H and O–H groups in total. The maximum absolute atomic E-state index is 12.8. The standard InChI is InChI=1S/C54H94O6/c1-4-7-10-13-16-19-22-25-27-28-30-32-35-38-41-44-47-53(56)59-50-51(49-58-52(55)46-43-40-37-34-31-24-21-18-15-12-9-6-3)60-54(57)48-45-42-39-36-33-29-26-23-20-17-14-11-8-5-2/h14,17-19,21-23,26-28,51H,4-13,15-16,20,24-25,29-50H2,1-3H3/b17-14-,21-18-,22-19-,26-23-,28-27-. The van der Waals surface area contributed by atoms with Crippen LogP contribution in [0, 0.1) is 0 Å². The van der Waals surface area contributed by atoms with Gasteiger partial charge in [0.05, 0.1) is 0 Å². The maximum atomic E-state index is 12.8. The summed E-state index contributed by atoms with van der Waals surface area (Å²) < 4.78 is 16.7. The van der Waals surface area contributed by atoms with Gasteiger partial charge in [0.1, 0.15) is 13.2 Å². The average Bonchev–Trinajstić information content (AvgIpc) is 3.24. The quantitative estimate of drug-likeness (QED) is 0.0263. The summed E-state index contributed by atoms with van der Waals surface area (Å²) in [6.07, 6.45) is 59.1. The number of hydrogen-bond acceptors (Lipinski definition) is 6. The molecule has 1 atom stereocenters. The van der Waals surface area contributed by atoms with Crippen LogP contribution in [0.1, 0.15) is 245 Å². The SMILES string of the molecule is CCCC/C=C\C/C=C\CCCCCCCC(=O)OC(COC(=O)CCCCCCC/C=C\C/C=C\CCCCCC)COC(=O)CCCCCCC/C=C\CCCCC. The number of carbonyl (C=O) groups excluding carboxylic acids is 3. The number of allylic oxidation sites excluding steroid dienone is 10. The third-order valence-corrected chi connectivity index (χ3v) is 10.7. The summed E-state index contributed by atoms with van der Waals surface area (Å²) in [5.74, 6) is -0.924. The molecule has 0 aliphatic carbocycles. The number of esters is 3. The Hall–Kier alpha value is -2.89. The van der Waals surface area contributed by atoms with Crippen molar-refractivity contribution < 1.29 is 28.6 Å². The second-order valence-corrected chi connectivity index (χ2v) is 16.7. The van der Waals surface area contributed by atoms with Crippen LogP contribution in [0.15, 0.2) is 60.8 Å². The minimum atomic E-state index is -0.789. The van der Waals surface area contributed by atoms with Crippen molar-refractivity contribution in [1.29, 1.82) is 0 Å². The molecule has 0 bridgehead atoms. The fraction of sp³-hybridized carbons (Fsp3) is 0.759. The highest BCUT2D eigenvalue weighted by molar-refractivity contribution is 5.71. The first-order valence-corrected chi connectivity index (χ1v) is 25.3. The summed E-state index contributed by atoms with van der Waals surface area (Å²) >= 11 is 0. The van der Waals surface area contributed by atoms with E-state index in [2.05, 4.69) is 81.5 Å². The van der Waals surface area contributed by atoms with Gasteiger partial charge in [0.15, 0.2) is 6.10 Å². The van der Waals surface area contributed by atoms with E-state index in [1.54, 1.807) is 0 Å². The summed E-state index contributed by atoms with van der Waals surface area (Å²) in [6.45, 7) is 6.52. The highest BCUT2D eigenvalue weighted by Gasteiger charge is 2.19. The van der Waals surface area contributed by atoms with Gasteiger partial charge in [-0.3, -0.25) is 14.4 Å². The van der Waals surface area contributed by atoms with Gasteiger partial charge in [-0.15, -0.1) is 0 Å². The molecule has 6 heteroatoms. The first kappa shape index (κ1) is 57.1. The molecule has 60 heavy (non-hydrogen) atoms. The molecule has 0 saturated heterocycles. The van der Waals surface area contributed by atoms with Crippen molar-refractivity contribution in [3.8, 4) is 0 Å². The van der Waals surface area contributed by atoms with Crippen molar-refractivity contribution in [3.63, 3.8) is 0 Å². The lowest BCUT2D eigenvalue weighted by Crippen LogP contribution is -2.30. The topological polar surface area (TPSA) is 78.9 Å². The van der Waals surface area contributed by atoms with E-state index in [1.807, 2.05) is 0 Å². The van der Waals surface area contributed by atoms with Crippen molar-refractivity contribution in [2.24, 2.45) is 0 Å². The zero-order valence-corrected chi connectivity index (χ0v) is 39.5. The third kappa shape index (κ3) is 46.2. The predicted molar refractivity (Wildman–Crippen MR) is 256 cm³/mol. The summed E-state index contributed by atoms with van der Waals surface area (Å²) in [5, 5.41) is 0. The Morgan fingerprint density at radius 1 is 0.333 bits per heavy atom. The Kier molecular flexibility index (Phi) is 46.4. The zero-order valence-electron chi connectivity index (χ0n) is 39.5. The Morgan fingerprint density at radius 3 is 1.02 bits per heavy atom. The van der Waals surface area contributed by atoms with Crippen molar-refractivity contribution in [2.45, 2.75) is 252 Å². The van der Waals surface area contributed by atoms with Crippen LogP contribution < -0.4 is 0 Å². The summed E-state index contributed by atoms with van der Waals surface area (Å²) in [7, 11) is 0. The molecule has 0 fully saturated rings. The van der Waals surface area contributed by atoms with E-state index in [0.717, 1.165) is 109 Å². The van der Waals surface area contributed by atoms with Gasteiger partial charge in [0, 0.05) is 19.3 Å². The fourth-order valence-corrected chi connectivity index (χ4v) is 6.83. The van der Waals surface area contributed by atoms with Crippen molar-refractivity contribution in [2.75, 3.05) is 13.2 Å². The van der Waals surface area contributed by atoms with Gasteiger partial charge < -0.3 is 14.2 Å². The van der Waals surface area contributed by atoms with Crippen LogP contribution in [0.2, 0.25) is 0 Å². The van der Waals surface area contributed by atoms with Crippen LogP contribution in [0.5, 0.6) is 0 Å². The van der Waals surface area contributed by atoms with Gasteiger partial charge in [-0.25, -0.2) is 0 Å². The van der Waals surface area contributed by atoms with Crippen molar-refractivity contribution in [3.05, 3.63) is 60.8 Å². The number of unbranched alkanes of at least 4 members (excludes halogenated alkanes) is 24. The predicted octanol–water partition coefficient (Wildman–Crippen LogP) is 16.5. The number of carbonyl (C=O) groups is 3. The first-order chi connectivity index (χ1) is 29.5. The smallest absolute Gasteiger partial charge is 0.306 e. The van der Waals surface area contributed by atoms with E-state index < -0.39 is 6.10 Å². The van der Waals surface area contributed by atoms with Crippen LogP contribution in [0.4, 0.5) is 0 Å². The Balaban J connectivity index is 4.43. The molecule has 0 heterocycles. The van der Waals surface area contributed by atoms with Crippen molar-refractivity contribution >= 4 is 17.9 Å². The van der Waals surface area contributed by atoms with Crippen molar-refractivity contribution in [1.82, 2.24) is 0 Å². The minimum absolute atomic E-state index is 0.0890. The molecule has 0 rings (SSSR count). The normalized spacial score (nSPS) is 12.5. The second kappa shape index (κ2) is 48.8. The molecule has 0 aromatic rings. The number of hydrogen-bond donors (Lipinski definition) is 0. The van der Waals surface area contributed by atoms with Gasteiger partial charge in [0.25, 0.3) is 0 Å². The monoisotopic (exact) mass is 839 g/mol. The Morgan fingerprint density at radius 2 is 0.617 bits per heavy atom. The van der Waals surface area contributed by atoms with E-state index in [-0.39, 0.29) is 31.1 Å². The second-order valence-electron chi connectivity index (χ2n) is 16.7. The lowest BCUT2D eigenvalue weighted by atomic mass is 10.1. The van der Waals surface area contributed by atoms with Gasteiger partial charge in [-0.05, 0) is 103 Å². The molecule has 0 aromatic carbocycles. The van der Waals surface area contributed by atoms with Gasteiger partial charge in [0.2, 0.25) is 0 Å². The Bertz CT molecular complexity index is 1100. The van der Waals surface area contributed by atoms with Crippen LogP contribution in [0.25, 0.3) is 0 Å². The third-order valence-electron chi connectivity index (χ3n) is 10.7. The molecule has 0 amide bonds. The van der Waals surface area contributed by atoms with Gasteiger partial charge >= 0.3 is 17.9 Å². The fourth-order valence-electron chi connectivity index (χ4n) is 6.83. The molecule has 0 radical (unpaired) electrons. The number of rotatable bonds is 45. The molecular formula is C54H94O6. The van der Waals surface area contributed by atoms with Crippen LogP contribution in [-0.2, 0) is 28.6 Å². The van der Waals surface area contributed by atoms with E-state index in [0.29, 0.717) is 19.3 Å². The molecule has 0 aromatic heterocycles. The van der Waals surface area contributed by atoms with Crippen LogP contribution in [0.3, 0.4) is 0 Å². The molecule has 6 nitrogen and oxygen atoms in total. The molecule has 1 unspecified atom stereocenters. The van der Waals surface area contributed by atoms with Gasteiger partial charge in [-0.2, -0.15) is 0 Å². The van der Waals surface area contributed by atoms with Gasteiger partial charge in [-0.1, -0.05) is 184 Å². The number of ether oxygens (including phenoxy) is 3. The Labute approximate surface area is 370 Å². The van der Waals surface area contributed by atoms with E-state index >= 15 is 0 Å². The highest BCUT2D eigenvalue weighted by Crippen LogP contribution is 2.13. The summed E-state index contributed by atoms with van der Waals surface area (Å²) in [6, 6.07) is 0. The van der Waals surface area contributed by atoms with E-state index in [1.165, 1.54) is 96.3 Å². The zero-order chi connectivity index (χ0) is 43.7. The van der Waals surface area contributed by atoms with Crippen LogP contribution >= 0.6 is 0 Å². The van der Waals surface area contributed by atoms with E-state index in [4.69, 9.17) is 14.2 Å². The minimum Gasteiger partial charge on any atom is -0.462 e. The first-order valence-electron chi connectivity index (χ1n) is 25.3. The van der Waals surface area contributed by atoms with Crippen LogP contribution in [-0.4, -0.2) is 37.2 Å². The summed E-state index contributed by atoms with van der Waals surface area (Å²) in [5.41, 5.74) is 0. The lowest BCUT2D eigenvalue weighted by molar-refractivity contribution is -0.167. The molecule has 0 aliphatic rings. The molecular weight excluding hydrogens is 745 g/mol. The lowest BCUT2D eigenvalue weighted by Gasteiger charge is -2.18. The van der Waals surface area contributed by atoms with E-state index in [9.17, 15) is 14.4 Å². The molecule has 0 spiro atoms. The maximum Gasteiger partial charge on any atom is 0.306 e. The highest BCUT2D eigenvalue weighted by atomic mass is 16.6. The molecule has 0 saturated carbocycles.